The number of sulfone groups is 1. The first kappa shape index (κ1) is 17.3. The van der Waals surface area contributed by atoms with Gasteiger partial charge in [0.05, 0.1) is 17.0 Å². The third-order valence-electron chi connectivity index (χ3n) is 3.33. The summed E-state index contributed by atoms with van der Waals surface area (Å²) >= 11 is 1.31. The van der Waals surface area contributed by atoms with Gasteiger partial charge in [0.2, 0.25) is 0 Å². The highest BCUT2D eigenvalue weighted by Gasteiger charge is 2.11. The zero-order valence-electron chi connectivity index (χ0n) is 13.2. The highest BCUT2D eigenvalue weighted by Crippen LogP contribution is 2.11. The topological polar surface area (TPSA) is 94.8 Å². The van der Waals surface area contributed by atoms with Gasteiger partial charge in [0, 0.05) is 23.9 Å². The van der Waals surface area contributed by atoms with Crippen LogP contribution in [0.15, 0.2) is 46.7 Å². The van der Waals surface area contributed by atoms with Gasteiger partial charge in [-0.05, 0) is 17.7 Å². The second kappa shape index (κ2) is 6.77. The van der Waals surface area contributed by atoms with Gasteiger partial charge >= 0.3 is 5.97 Å². The second-order valence-electron chi connectivity index (χ2n) is 5.48. The second-order valence-corrected chi connectivity index (χ2v) is 8.50. The first-order valence-corrected chi connectivity index (χ1v) is 10.2. The molecule has 1 aromatic carbocycles. The lowest BCUT2D eigenvalue weighted by molar-refractivity contribution is 0.0468. The maximum absolute atomic E-state index is 12.1. The Hall–Kier alpha value is -2.52. The van der Waals surface area contributed by atoms with Crippen molar-refractivity contribution in [3.05, 3.63) is 69.1 Å². The number of carbonyl (C=O) groups excluding carboxylic acids is 1. The molecule has 0 fully saturated rings. The van der Waals surface area contributed by atoms with Crippen LogP contribution < -0.4 is 5.56 Å². The lowest BCUT2D eigenvalue weighted by Crippen LogP contribution is -2.14. The number of hydrogen-bond acceptors (Lipinski definition) is 7. The summed E-state index contributed by atoms with van der Waals surface area (Å²) in [6.07, 6.45) is 2.78. The molecular weight excluding hydrogens is 364 g/mol. The van der Waals surface area contributed by atoms with Crippen LogP contribution in [-0.4, -0.2) is 30.0 Å². The molecule has 0 N–H and O–H groups in total. The van der Waals surface area contributed by atoms with E-state index in [0.29, 0.717) is 21.8 Å². The molecule has 3 aromatic rings. The van der Waals surface area contributed by atoms with Crippen molar-refractivity contribution >= 4 is 32.1 Å². The van der Waals surface area contributed by atoms with Gasteiger partial charge < -0.3 is 4.74 Å². The number of aromatic nitrogens is 2. The standard InChI is InChI=1S/C16H14N2O5S2/c1-25(21,22)10-11-2-4-12(5-3-11)15(20)23-9-13-8-14(19)18-6-7-24-16(18)17-13/h2-8H,9-10H2,1H3. The molecule has 0 bridgehead atoms. The van der Waals surface area contributed by atoms with E-state index >= 15 is 0 Å². The minimum absolute atomic E-state index is 0.0863. The van der Waals surface area contributed by atoms with Crippen LogP contribution in [0.1, 0.15) is 21.6 Å². The largest absolute Gasteiger partial charge is 0.456 e. The molecule has 0 amide bonds. The molecule has 0 radical (unpaired) electrons. The van der Waals surface area contributed by atoms with Crippen molar-refractivity contribution in [1.29, 1.82) is 0 Å². The Morgan fingerprint density at radius 3 is 2.68 bits per heavy atom. The fraction of sp³-hybridized carbons (Fsp3) is 0.188. The van der Waals surface area contributed by atoms with Crippen LogP contribution in [0.2, 0.25) is 0 Å². The number of ether oxygens (including phenoxy) is 1. The van der Waals surface area contributed by atoms with Crippen molar-refractivity contribution in [3.63, 3.8) is 0 Å². The number of esters is 1. The van der Waals surface area contributed by atoms with Crippen LogP contribution in [0, 0.1) is 0 Å². The molecule has 3 rings (SSSR count). The fourth-order valence-electron chi connectivity index (χ4n) is 2.22. The lowest BCUT2D eigenvalue weighted by Gasteiger charge is -2.05. The number of thiazole rings is 1. The molecule has 25 heavy (non-hydrogen) atoms. The molecule has 2 heterocycles. The minimum Gasteiger partial charge on any atom is -0.456 e. The predicted molar refractivity (Wildman–Crippen MR) is 93.4 cm³/mol. The Bertz CT molecular complexity index is 1080. The highest BCUT2D eigenvalue weighted by atomic mass is 32.2. The summed E-state index contributed by atoms with van der Waals surface area (Å²) in [6.45, 7) is -0.117. The van der Waals surface area contributed by atoms with Gasteiger partial charge in [0.25, 0.3) is 5.56 Å². The zero-order chi connectivity index (χ0) is 18.0. The number of nitrogens with zero attached hydrogens (tertiary/aromatic N) is 2. The summed E-state index contributed by atoms with van der Waals surface area (Å²) in [7, 11) is -3.13. The Morgan fingerprint density at radius 2 is 2.00 bits per heavy atom. The molecule has 7 nitrogen and oxygen atoms in total. The van der Waals surface area contributed by atoms with Crippen molar-refractivity contribution < 1.29 is 17.9 Å². The van der Waals surface area contributed by atoms with Crippen molar-refractivity contribution in [2.75, 3.05) is 6.26 Å². The summed E-state index contributed by atoms with van der Waals surface area (Å²) in [5.74, 6) is -0.657. The van der Waals surface area contributed by atoms with Crippen molar-refractivity contribution in [3.8, 4) is 0 Å². The number of fused-ring (bicyclic) bond motifs is 1. The Labute approximate surface area is 147 Å². The van der Waals surface area contributed by atoms with E-state index < -0.39 is 15.8 Å². The van der Waals surface area contributed by atoms with Gasteiger partial charge in [-0.25, -0.2) is 18.2 Å². The van der Waals surface area contributed by atoms with Crippen LogP contribution in [0.5, 0.6) is 0 Å². The number of rotatable bonds is 5. The van der Waals surface area contributed by atoms with E-state index in [2.05, 4.69) is 4.98 Å². The summed E-state index contributed by atoms with van der Waals surface area (Å²) in [4.78, 5) is 28.7. The van der Waals surface area contributed by atoms with Crippen molar-refractivity contribution in [2.24, 2.45) is 0 Å². The van der Waals surface area contributed by atoms with Gasteiger partial charge in [-0.1, -0.05) is 12.1 Å². The molecule has 2 aromatic heterocycles. The third-order valence-corrected chi connectivity index (χ3v) is 4.94. The summed E-state index contributed by atoms with van der Waals surface area (Å²) in [5.41, 5.74) is 1.03. The quantitative estimate of drug-likeness (QED) is 0.627. The van der Waals surface area contributed by atoms with Crippen LogP contribution in [-0.2, 0) is 26.9 Å². The van der Waals surface area contributed by atoms with Crippen LogP contribution in [0.4, 0.5) is 0 Å². The Morgan fingerprint density at radius 1 is 1.28 bits per heavy atom. The van der Waals surface area contributed by atoms with Crippen LogP contribution in [0.3, 0.4) is 0 Å². The van der Waals surface area contributed by atoms with Gasteiger partial charge in [-0.2, -0.15) is 0 Å². The van der Waals surface area contributed by atoms with Gasteiger partial charge in [-0.15, -0.1) is 11.3 Å². The normalized spacial score (nSPS) is 11.6. The number of benzene rings is 1. The summed E-state index contributed by atoms with van der Waals surface area (Å²) < 4.78 is 29.1. The Balaban J connectivity index is 1.68. The smallest absolute Gasteiger partial charge is 0.338 e. The maximum atomic E-state index is 12.1. The van der Waals surface area contributed by atoms with Crippen molar-refractivity contribution in [1.82, 2.24) is 9.38 Å². The average molecular weight is 378 g/mol. The average Bonchev–Trinajstić information content (AvgIpc) is 3.01. The number of hydrogen-bond donors (Lipinski definition) is 0. The molecule has 130 valence electrons. The predicted octanol–water partition coefficient (Wildman–Crippen LogP) is 1.66. The van der Waals surface area contributed by atoms with E-state index in [1.807, 2.05) is 0 Å². The fourth-order valence-corrected chi connectivity index (χ4v) is 3.76. The summed E-state index contributed by atoms with van der Waals surface area (Å²) in [5, 5.41) is 1.75. The molecule has 0 atom stereocenters. The van der Waals surface area contributed by atoms with E-state index in [1.165, 1.54) is 33.9 Å². The minimum atomic E-state index is -3.13. The maximum Gasteiger partial charge on any atom is 0.338 e. The summed E-state index contributed by atoms with van der Waals surface area (Å²) in [6, 6.07) is 7.48. The van der Waals surface area contributed by atoms with Crippen LogP contribution in [0.25, 0.3) is 4.96 Å². The van der Waals surface area contributed by atoms with E-state index in [0.717, 1.165) is 6.26 Å². The first-order chi connectivity index (χ1) is 11.8. The molecule has 0 aliphatic heterocycles. The highest BCUT2D eigenvalue weighted by molar-refractivity contribution is 7.89. The van der Waals surface area contributed by atoms with Gasteiger partial charge in [0.1, 0.15) is 6.61 Å². The Kier molecular flexibility index (Phi) is 4.69. The molecule has 9 heteroatoms. The van der Waals surface area contributed by atoms with E-state index in [9.17, 15) is 18.0 Å². The zero-order valence-corrected chi connectivity index (χ0v) is 14.8. The molecule has 0 aliphatic carbocycles. The van der Waals surface area contributed by atoms with Gasteiger partial charge in [0.15, 0.2) is 14.8 Å². The van der Waals surface area contributed by atoms with Gasteiger partial charge in [-0.3, -0.25) is 9.20 Å². The lowest BCUT2D eigenvalue weighted by atomic mass is 10.1. The molecule has 0 saturated carbocycles. The molecular formula is C16H14N2O5S2. The monoisotopic (exact) mass is 378 g/mol. The molecule has 0 unspecified atom stereocenters. The third kappa shape index (κ3) is 4.31. The molecule has 0 saturated heterocycles. The van der Waals surface area contributed by atoms with E-state index in [1.54, 1.807) is 23.7 Å². The number of carbonyl (C=O) groups is 1. The van der Waals surface area contributed by atoms with Crippen LogP contribution >= 0.6 is 11.3 Å². The molecule has 0 spiro atoms. The van der Waals surface area contributed by atoms with Crippen molar-refractivity contribution in [2.45, 2.75) is 12.4 Å². The van der Waals surface area contributed by atoms with E-state index in [-0.39, 0.29) is 17.9 Å². The first-order valence-electron chi connectivity index (χ1n) is 7.21. The SMILES string of the molecule is CS(=O)(=O)Cc1ccc(C(=O)OCc2cc(=O)n3ccsc3n2)cc1. The molecule has 0 aliphatic rings. The van der Waals surface area contributed by atoms with E-state index in [4.69, 9.17) is 4.74 Å².